The second-order valence-corrected chi connectivity index (χ2v) is 10.7. The Morgan fingerprint density at radius 1 is 1.20 bits per heavy atom. The Morgan fingerprint density at radius 3 is 2.80 bits per heavy atom. The molecule has 0 radical (unpaired) electrons. The number of benzene rings is 2. The van der Waals surface area contributed by atoms with Crippen molar-refractivity contribution in [3.05, 3.63) is 52.4 Å². The van der Waals surface area contributed by atoms with Gasteiger partial charge in [-0.1, -0.05) is 29.8 Å². The van der Waals surface area contributed by atoms with Crippen molar-refractivity contribution in [3.8, 4) is 12.1 Å². The summed E-state index contributed by atoms with van der Waals surface area (Å²) in [7, 11) is 1.38. The topological polar surface area (TPSA) is 80.5 Å². The third kappa shape index (κ3) is 6.74. The minimum Gasteiger partial charge on any atom is -0.462 e. The standard InChI is InChI=1S/C28H30ClF4N7O/c1-38(17-28(31,32)33)13-14-41-27-36-22-16-39(23-4-2-3-18-5-6-21(30)25(29)24(18)23)11-8-20(22)26(37-27)40-12-10-35-19(15-40)7-9-34/h2-6,19,35H,7-8,10-17H2,1H3/t19-/m0/s1. The van der Waals surface area contributed by atoms with E-state index < -0.39 is 18.5 Å². The molecule has 1 atom stereocenters. The van der Waals surface area contributed by atoms with Crippen molar-refractivity contribution in [3.63, 3.8) is 0 Å². The van der Waals surface area contributed by atoms with Gasteiger partial charge in [0.25, 0.3) is 0 Å². The van der Waals surface area contributed by atoms with Gasteiger partial charge in [0.05, 0.1) is 36.3 Å². The van der Waals surface area contributed by atoms with Crippen molar-refractivity contribution in [2.75, 3.05) is 62.7 Å². The summed E-state index contributed by atoms with van der Waals surface area (Å²) in [6.07, 6.45) is -3.34. The predicted molar refractivity (Wildman–Crippen MR) is 149 cm³/mol. The maximum absolute atomic E-state index is 14.4. The molecular weight excluding hydrogens is 562 g/mol. The summed E-state index contributed by atoms with van der Waals surface area (Å²) < 4.78 is 58.4. The van der Waals surface area contributed by atoms with Gasteiger partial charge in [0.15, 0.2) is 0 Å². The Morgan fingerprint density at radius 2 is 2.02 bits per heavy atom. The molecule has 0 saturated carbocycles. The molecule has 41 heavy (non-hydrogen) atoms. The molecule has 1 saturated heterocycles. The highest BCUT2D eigenvalue weighted by molar-refractivity contribution is 6.36. The van der Waals surface area contributed by atoms with Crippen LogP contribution >= 0.6 is 11.6 Å². The number of rotatable bonds is 8. The first kappa shape index (κ1) is 29.1. The van der Waals surface area contributed by atoms with E-state index in [2.05, 4.69) is 26.2 Å². The molecule has 0 amide bonds. The van der Waals surface area contributed by atoms with Gasteiger partial charge in [0.1, 0.15) is 18.2 Å². The normalized spacial score (nSPS) is 17.6. The van der Waals surface area contributed by atoms with E-state index >= 15 is 0 Å². The molecule has 1 fully saturated rings. The summed E-state index contributed by atoms with van der Waals surface area (Å²) in [6.45, 7) is 1.89. The van der Waals surface area contributed by atoms with Gasteiger partial charge >= 0.3 is 12.2 Å². The Hall–Kier alpha value is -3.40. The Bertz CT molecular complexity index is 1450. The lowest BCUT2D eigenvalue weighted by Gasteiger charge is -2.37. The number of aromatic nitrogens is 2. The summed E-state index contributed by atoms with van der Waals surface area (Å²) >= 11 is 6.41. The number of halogens is 5. The fourth-order valence-electron chi connectivity index (χ4n) is 5.42. The molecule has 5 rings (SSSR count). The van der Waals surface area contributed by atoms with Gasteiger partial charge in [-0.15, -0.1) is 0 Å². The van der Waals surface area contributed by atoms with Gasteiger partial charge in [0.2, 0.25) is 0 Å². The van der Waals surface area contributed by atoms with Crippen LogP contribution in [0.2, 0.25) is 5.02 Å². The first-order chi connectivity index (χ1) is 19.6. The average Bonchev–Trinajstić information content (AvgIpc) is 2.93. The van der Waals surface area contributed by atoms with Crippen molar-refractivity contribution in [2.45, 2.75) is 31.6 Å². The number of nitriles is 1. The Balaban J connectivity index is 1.45. The molecule has 0 bridgehead atoms. The van der Waals surface area contributed by atoms with E-state index in [1.54, 1.807) is 6.07 Å². The number of alkyl halides is 3. The molecule has 3 heterocycles. The zero-order valence-corrected chi connectivity index (χ0v) is 23.3. The smallest absolute Gasteiger partial charge is 0.401 e. The number of nitrogens with one attached hydrogen (secondary N) is 1. The summed E-state index contributed by atoms with van der Waals surface area (Å²) in [5.41, 5.74) is 2.46. The maximum atomic E-state index is 14.4. The van der Waals surface area contributed by atoms with E-state index in [1.807, 2.05) is 18.2 Å². The Kier molecular flexibility index (Phi) is 8.68. The van der Waals surface area contributed by atoms with Gasteiger partial charge in [-0.05, 0) is 31.0 Å². The molecule has 8 nitrogen and oxygen atoms in total. The fraction of sp³-hybridized carbons (Fsp3) is 0.464. The van der Waals surface area contributed by atoms with E-state index in [-0.39, 0.29) is 30.2 Å². The molecule has 2 aromatic carbocycles. The molecule has 0 unspecified atom stereocenters. The van der Waals surface area contributed by atoms with E-state index in [0.717, 1.165) is 27.2 Å². The quantitative estimate of drug-likeness (QED) is 0.382. The van der Waals surface area contributed by atoms with E-state index in [4.69, 9.17) is 21.3 Å². The summed E-state index contributed by atoms with van der Waals surface area (Å²) in [5, 5.41) is 14.1. The minimum atomic E-state index is -4.30. The van der Waals surface area contributed by atoms with Crippen LogP contribution in [-0.2, 0) is 13.0 Å². The second kappa shape index (κ2) is 12.2. The van der Waals surface area contributed by atoms with Crippen LogP contribution in [0.4, 0.5) is 29.1 Å². The van der Waals surface area contributed by atoms with Crippen LogP contribution in [0, 0.1) is 17.1 Å². The van der Waals surface area contributed by atoms with Gasteiger partial charge < -0.3 is 19.9 Å². The van der Waals surface area contributed by atoms with E-state index in [9.17, 15) is 22.8 Å². The van der Waals surface area contributed by atoms with Gasteiger partial charge in [-0.3, -0.25) is 4.90 Å². The molecule has 3 aromatic rings. The molecule has 1 aromatic heterocycles. The fourth-order valence-corrected chi connectivity index (χ4v) is 5.69. The zero-order valence-electron chi connectivity index (χ0n) is 22.5. The third-order valence-electron chi connectivity index (χ3n) is 7.32. The molecule has 0 spiro atoms. The SMILES string of the molecule is CN(CCOc1nc2c(c(N3CCN[C@@H](CC#N)C3)n1)CCN(c1cccc3ccc(F)c(Cl)c13)C2)CC(F)(F)F. The number of likely N-dealkylation sites (N-methyl/N-ethyl adjacent to an activating group) is 1. The second-order valence-electron chi connectivity index (χ2n) is 10.3. The number of ether oxygens (including phenoxy) is 1. The first-order valence-corrected chi connectivity index (χ1v) is 13.8. The molecule has 2 aliphatic rings. The molecule has 1 N–H and O–H groups in total. The largest absolute Gasteiger partial charge is 0.462 e. The van der Waals surface area contributed by atoms with E-state index in [0.29, 0.717) is 56.8 Å². The summed E-state index contributed by atoms with van der Waals surface area (Å²) in [5.74, 6) is 0.213. The molecule has 2 aliphatic heterocycles. The van der Waals surface area contributed by atoms with Crippen molar-refractivity contribution in [2.24, 2.45) is 0 Å². The lowest BCUT2D eigenvalue weighted by molar-refractivity contribution is -0.143. The highest BCUT2D eigenvalue weighted by Crippen LogP contribution is 2.38. The average molecular weight is 592 g/mol. The summed E-state index contributed by atoms with van der Waals surface area (Å²) in [4.78, 5) is 14.7. The number of fused-ring (bicyclic) bond motifs is 2. The highest BCUT2D eigenvalue weighted by atomic mass is 35.5. The number of nitrogens with zero attached hydrogens (tertiary/aromatic N) is 6. The molecule has 0 aliphatic carbocycles. The number of hydrogen-bond donors (Lipinski definition) is 1. The lowest BCUT2D eigenvalue weighted by atomic mass is 10.0. The van der Waals surface area contributed by atoms with Crippen molar-refractivity contribution < 1.29 is 22.3 Å². The monoisotopic (exact) mass is 591 g/mol. The van der Waals surface area contributed by atoms with Crippen LogP contribution in [0.15, 0.2) is 30.3 Å². The van der Waals surface area contributed by atoms with Crippen LogP contribution in [0.5, 0.6) is 6.01 Å². The molecular formula is C28H30ClF4N7O. The molecule has 13 heteroatoms. The first-order valence-electron chi connectivity index (χ1n) is 13.4. The lowest BCUT2D eigenvalue weighted by Crippen LogP contribution is -2.51. The van der Waals surface area contributed by atoms with Crippen molar-refractivity contribution >= 4 is 33.9 Å². The van der Waals surface area contributed by atoms with Crippen LogP contribution in [0.25, 0.3) is 10.8 Å². The number of hydrogen-bond acceptors (Lipinski definition) is 8. The van der Waals surface area contributed by atoms with Crippen molar-refractivity contribution in [1.29, 1.82) is 5.26 Å². The van der Waals surface area contributed by atoms with Crippen LogP contribution in [0.1, 0.15) is 17.7 Å². The van der Waals surface area contributed by atoms with Crippen LogP contribution in [-0.4, -0.2) is 80.0 Å². The van der Waals surface area contributed by atoms with Crippen LogP contribution < -0.4 is 19.9 Å². The van der Waals surface area contributed by atoms with Crippen LogP contribution in [0.3, 0.4) is 0 Å². The highest BCUT2D eigenvalue weighted by Gasteiger charge is 2.31. The maximum Gasteiger partial charge on any atom is 0.401 e. The minimum absolute atomic E-state index is 0.0208. The summed E-state index contributed by atoms with van der Waals surface area (Å²) in [6, 6.07) is 11.0. The third-order valence-corrected chi connectivity index (χ3v) is 7.69. The predicted octanol–water partition coefficient (Wildman–Crippen LogP) is 4.55. The Labute approximate surface area is 240 Å². The number of piperazine rings is 1. The molecule has 218 valence electrons. The van der Waals surface area contributed by atoms with E-state index in [1.165, 1.54) is 13.1 Å². The van der Waals surface area contributed by atoms with Gasteiger partial charge in [-0.25, -0.2) is 4.39 Å². The van der Waals surface area contributed by atoms with Gasteiger partial charge in [0, 0.05) is 55.4 Å². The van der Waals surface area contributed by atoms with Crippen molar-refractivity contribution in [1.82, 2.24) is 20.2 Å². The number of anilines is 2. The zero-order chi connectivity index (χ0) is 29.1. The van der Waals surface area contributed by atoms with Gasteiger partial charge in [-0.2, -0.15) is 28.4 Å².